The first-order valence-corrected chi connectivity index (χ1v) is 11.5. The first-order valence-electron chi connectivity index (χ1n) is 8.64. The third-order valence-corrected chi connectivity index (χ3v) is 5.25. The summed E-state index contributed by atoms with van der Waals surface area (Å²) in [6, 6.07) is 5.25. The zero-order valence-corrected chi connectivity index (χ0v) is 18.6. The Morgan fingerprint density at radius 2 is 1.71 bits per heavy atom. The summed E-state index contributed by atoms with van der Waals surface area (Å²) in [7, 11) is -3.37. The molecule has 2 amide bonds. The number of carbonyl (C=O) groups excluding carboxylic acids is 3. The van der Waals surface area contributed by atoms with Gasteiger partial charge in [-0.15, -0.1) is 0 Å². The second kappa shape index (κ2) is 10.6. The van der Waals surface area contributed by atoms with E-state index >= 15 is 0 Å². The standard InChI is InChI=1S/C18H25BrN2O6S/c1-11(2)20-16(22)12(3)27-18(24)15(9-10-28(4,25)26)21-17(23)13-7-5-6-8-14(13)19/h5-8,11-12,15H,9-10H2,1-4H3,(H,20,22)(H,21,23)/t12-,15-/m0/s1. The van der Waals surface area contributed by atoms with Crippen LogP contribution in [0.25, 0.3) is 0 Å². The van der Waals surface area contributed by atoms with E-state index in [4.69, 9.17) is 4.74 Å². The fourth-order valence-corrected chi connectivity index (χ4v) is 3.30. The fourth-order valence-electron chi connectivity index (χ4n) is 2.17. The van der Waals surface area contributed by atoms with Gasteiger partial charge in [0.05, 0.1) is 11.3 Å². The van der Waals surface area contributed by atoms with Crippen molar-refractivity contribution in [2.24, 2.45) is 0 Å². The molecule has 2 atom stereocenters. The number of hydrogen-bond donors (Lipinski definition) is 2. The van der Waals surface area contributed by atoms with Crippen molar-refractivity contribution in [2.45, 2.75) is 45.4 Å². The Bertz CT molecular complexity index is 825. The number of rotatable bonds is 9. The van der Waals surface area contributed by atoms with Crippen molar-refractivity contribution < 1.29 is 27.5 Å². The highest BCUT2D eigenvalue weighted by Crippen LogP contribution is 2.16. The molecular formula is C18H25BrN2O6S. The van der Waals surface area contributed by atoms with Gasteiger partial charge in [0.15, 0.2) is 6.10 Å². The van der Waals surface area contributed by atoms with E-state index in [1.54, 1.807) is 38.1 Å². The normalized spacial score (nSPS) is 13.5. The second-order valence-corrected chi connectivity index (χ2v) is 9.78. The molecule has 10 heteroatoms. The first kappa shape index (κ1) is 24.1. The van der Waals surface area contributed by atoms with Gasteiger partial charge in [-0.2, -0.15) is 0 Å². The van der Waals surface area contributed by atoms with Gasteiger partial charge in [-0.1, -0.05) is 12.1 Å². The molecule has 0 bridgehead atoms. The number of sulfone groups is 1. The van der Waals surface area contributed by atoms with Crippen LogP contribution in [0, 0.1) is 0 Å². The topological polar surface area (TPSA) is 119 Å². The average Bonchev–Trinajstić information content (AvgIpc) is 2.57. The third-order valence-electron chi connectivity index (χ3n) is 3.58. The Labute approximate surface area is 173 Å². The summed E-state index contributed by atoms with van der Waals surface area (Å²) in [5.74, 6) is -2.25. The average molecular weight is 477 g/mol. The number of esters is 1. The van der Waals surface area contributed by atoms with Gasteiger partial charge in [0.25, 0.3) is 11.8 Å². The molecule has 2 N–H and O–H groups in total. The Kier molecular flexibility index (Phi) is 9.09. The summed E-state index contributed by atoms with van der Waals surface area (Å²) < 4.78 is 28.6. The Hall–Kier alpha value is -1.94. The summed E-state index contributed by atoms with van der Waals surface area (Å²) >= 11 is 3.25. The van der Waals surface area contributed by atoms with E-state index in [2.05, 4.69) is 26.6 Å². The number of ether oxygens (including phenoxy) is 1. The van der Waals surface area contributed by atoms with E-state index in [-0.39, 0.29) is 23.8 Å². The molecule has 0 aromatic heterocycles. The molecule has 0 saturated heterocycles. The zero-order valence-electron chi connectivity index (χ0n) is 16.2. The smallest absolute Gasteiger partial charge is 0.329 e. The van der Waals surface area contributed by atoms with Gasteiger partial charge in [0, 0.05) is 16.8 Å². The first-order chi connectivity index (χ1) is 12.9. The van der Waals surface area contributed by atoms with Gasteiger partial charge in [-0.25, -0.2) is 13.2 Å². The molecule has 1 rings (SSSR count). The van der Waals surface area contributed by atoms with Crippen LogP contribution in [0.5, 0.6) is 0 Å². The molecule has 0 aliphatic heterocycles. The molecule has 1 aromatic carbocycles. The van der Waals surface area contributed by atoms with Crippen LogP contribution < -0.4 is 10.6 Å². The highest BCUT2D eigenvalue weighted by Gasteiger charge is 2.28. The lowest BCUT2D eigenvalue weighted by atomic mass is 10.1. The summed E-state index contributed by atoms with van der Waals surface area (Å²) in [5.41, 5.74) is 0.283. The minimum Gasteiger partial charge on any atom is -0.451 e. The van der Waals surface area contributed by atoms with Crippen LogP contribution in [0.3, 0.4) is 0 Å². The molecule has 0 radical (unpaired) electrons. The number of amides is 2. The lowest BCUT2D eigenvalue weighted by molar-refractivity contribution is -0.156. The molecule has 0 aliphatic carbocycles. The van der Waals surface area contributed by atoms with Crippen LogP contribution in [-0.4, -0.2) is 56.4 Å². The monoisotopic (exact) mass is 476 g/mol. The number of hydrogen-bond acceptors (Lipinski definition) is 6. The fraction of sp³-hybridized carbons (Fsp3) is 0.500. The molecule has 0 fully saturated rings. The molecule has 0 heterocycles. The van der Waals surface area contributed by atoms with Gasteiger partial charge in [0.1, 0.15) is 15.9 Å². The molecule has 156 valence electrons. The highest BCUT2D eigenvalue weighted by molar-refractivity contribution is 9.10. The van der Waals surface area contributed by atoms with E-state index in [1.807, 2.05) is 0 Å². The van der Waals surface area contributed by atoms with Gasteiger partial charge in [-0.3, -0.25) is 9.59 Å². The molecule has 8 nitrogen and oxygen atoms in total. The van der Waals surface area contributed by atoms with Crippen molar-refractivity contribution in [3.8, 4) is 0 Å². The largest absolute Gasteiger partial charge is 0.451 e. The predicted octanol–water partition coefficient (Wildman–Crippen LogP) is 1.44. The van der Waals surface area contributed by atoms with Crippen molar-refractivity contribution in [2.75, 3.05) is 12.0 Å². The van der Waals surface area contributed by atoms with Crippen LogP contribution in [0.1, 0.15) is 37.6 Å². The highest BCUT2D eigenvalue weighted by atomic mass is 79.9. The summed E-state index contributed by atoms with van der Waals surface area (Å²) in [4.78, 5) is 36.9. The minimum absolute atomic E-state index is 0.134. The molecule has 0 unspecified atom stereocenters. The number of halogens is 1. The molecule has 0 aliphatic rings. The minimum atomic E-state index is -3.37. The van der Waals surface area contributed by atoms with Gasteiger partial charge in [-0.05, 0) is 55.3 Å². The molecule has 1 aromatic rings. The SMILES string of the molecule is CC(C)NC(=O)[C@H](C)OC(=O)[C@H](CCS(C)(=O)=O)NC(=O)c1ccccc1Br. The van der Waals surface area contributed by atoms with Crippen LogP contribution in [-0.2, 0) is 24.2 Å². The van der Waals surface area contributed by atoms with E-state index in [0.29, 0.717) is 4.47 Å². The second-order valence-electron chi connectivity index (χ2n) is 6.67. The zero-order chi connectivity index (χ0) is 21.5. The van der Waals surface area contributed by atoms with E-state index in [1.165, 1.54) is 6.92 Å². The van der Waals surface area contributed by atoms with E-state index < -0.39 is 39.8 Å². The van der Waals surface area contributed by atoms with E-state index in [9.17, 15) is 22.8 Å². The third kappa shape index (κ3) is 8.39. The number of carbonyl (C=O) groups is 3. The Morgan fingerprint density at radius 3 is 2.25 bits per heavy atom. The molecular weight excluding hydrogens is 452 g/mol. The van der Waals surface area contributed by atoms with Gasteiger partial charge >= 0.3 is 5.97 Å². The van der Waals surface area contributed by atoms with Crippen molar-refractivity contribution in [3.63, 3.8) is 0 Å². The number of benzene rings is 1. The summed E-state index contributed by atoms with van der Waals surface area (Å²) in [6.45, 7) is 4.93. The van der Waals surface area contributed by atoms with Crippen molar-refractivity contribution >= 4 is 43.6 Å². The quantitative estimate of drug-likeness (QED) is 0.520. The summed E-state index contributed by atoms with van der Waals surface area (Å²) in [5, 5.41) is 5.10. The van der Waals surface area contributed by atoms with Crippen LogP contribution >= 0.6 is 15.9 Å². The lowest BCUT2D eigenvalue weighted by Crippen LogP contribution is -2.46. The van der Waals surface area contributed by atoms with Gasteiger partial charge in [0.2, 0.25) is 0 Å². The van der Waals surface area contributed by atoms with Crippen molar-refractivity contribution in [3.05, 3.63) is 34.3 Å². The van der Waals surface area contributed by atoms with Crippen molar-refractivity contribution in [1.82, 2.24) is 10.6 Å². The molecule has 0 saturated carbocycles. The predicted molar refractivity (Wildman–Crippen MR) is 109 cm³/mol. The molecule has 28 heavy (non-hydrogen) atoms. The van der Waals surface area contributed by atoms with Crippen molar-refractivity contribution in [1.29, 1.82) is 0 Å². The maximum atomic E-state index is 12.5. The Balaban J connectivity index is 2.92. The van der Waals surface area contributed by atoms with Crippen LogP contribution in [0.15, 0.2) is 28.7 Å². The summed E-state index contributed by atoms with van der Waals surface area (Å²) in [6.07, 6.45) is -0.230. The lowest BCUT2D eigenvalue weighted by Gasteiger charge is -2.21. The number of nitrogens with one attached hydrogen (secondary N) is 2. The van der Waals surface area contributed by atoms with Gasteiger partial charge < -0.3 is 15.4 Å². The molecule has 0 spiro atoms. The van der Waals surface area contributed by atoms with Crippen LogP contribution in [0.4, 0.5) is 0 Å². The maximum Gasteiger partial charge on any atom is 0.329 e. The Morgan fingerprint density at radius 1 is 1.11 bits per heavy atom. The maximum absolute atomic E-state index is 12.5. The van der Waals surface area contributed by atoms with E-state index in [0.717, 1.165) is 6.26 Å². The van der Waals surface area contributed by atoms with Crippen LogP contribution in [0.2, 0.25) is 0 Å².